The molecule has 0 radical (unpaired) electrons. The maximum absolute atomic E-state index is 11.9. The van der Waals surface area contributed by atoms with Gasteiger partial charge in [-0.05, 0) is 30.4 Å². The van der Waals surface area contributed by atoms with E-state index in [0.29, 0.717) is 23.9 Å². The quantitative estimate of drug-likeness (QED) is 0.536. The molecule has 1 aliphatic rings. The molecule has 0 atom stereocenters. The van der Waals surface area contributed by atoms with Crippen molar-refractivity contribution >= 4 is 33.5 Å². The lowest BCUT2D eigenvalue weighted by atomic mass is 10.2. The van der Waals surface area contributed by atoms with Gasteiger partial charge in [-0.2, -0.15) is 0 Å². The number of amides is 1. The first-order chi connectivity index (χ1) is 10.2. The molecular weight excluding hydrogens is 308 g/mol. The molecule has 1 aliphatic carbocycles. The zero-order chi connectivity index (χ0) is 15.1. The number of pyridine rings is 1. The SMILES string of the molecule is O=C(O)CCSSCCNC(=O)c1ccc(C2CC2)cn1. The smallest absolute Gasteiger partial charge is 0.304 e. The second kappa shape index (κ2) is 8.29. The number of nitrogens with one attached hydrogen (secondary N) is 1. The lowest BCUT2D eigenvalue weighted by Gasteiger charge is -2.05. The van der Waals surface area contributed by atoms with Crippen LogP contribution in [0.4, 0.5) is 0 Å². The second-order valence-corrected chi connectivity index (χ2v) is 7.50. The average Bonchev–Trinajstić information content (AvgIpc) is 3.30. The first kappa shape index (κ1) is 16.2. The van der Waals surface area contributed by atoms with Gasteiger partial charge in [0, 0.05) is 24.2 Å². The summed E-state index contributed by atoms with van der Waals surface area (Å²) in [6, 6.07) is 3.76. The first-order valence-corrected chi connectivity index (χ1v) is 9.36. The summed E-state index contributed by atoms with van der Waals surface area (Å²) >= 11 is 0. The van der Waals surface area contributed by atoms with Crippen LogP contribution in [0.5, 0.6) is 0 Å². The number of aliphatic carboxylic acids is 1. The summed E-state index contributed by atoms with van der Waals surface area (Å²) in [5, 5.41) is 11.3. The standard InChI is InChI=1S/C14H18N2O3S2/c17-13(18)5-7-20-21-8-6-15-14(19)12-4-3-11(9-16-12)10-1-2-10/h3-4,9-10H,1-2,5-8H2,(H,15,19)(H,17,18). The highest BCUT2D eigenvalue weighted by molar-refractivity contribution is 8.76. The third-order valence-electron chi connectivity index (χ3n) is 3.02. The molecule has 1 heterocycles. The number of rotatable bonds is 9. The van der Waals surface area contributed by atoms with E-state index in [2.05, 4.69) is 10.3 Å². The van der Waals surface area contributed by atoms with Crippen molar-refractivity contribution in [2.24, 2.45) is 0 Å². The number of carbonyl (C=O) groups excluding carboxylic acids is 1. The number of nitrogens with zero attached hydrogens (tertiary/aromatic N) is 1. The number of carboxylic acid groups (broad SMARTS) is 1. The van der Waals surface area contributed by atoms with Crippen LogP contribution in [-0.2, 0) is 4.79 Å². The Hall–Kier alpha value is -1.21. The van der Waals surface area contributed by atoms with E-state index in [4.69, 9.17) is 5.11 Å². The van der Waals surface area contributed by atoms with E-state index in [1.165, 1.54) is 29.2 Å². The van der Waals surface area contributed by atoms with E-state index in [-0.39, 0.29) is 12.3 Å². The molecule has 1 aromatic heterocycles. The molecule has 114 valence electrons. The average molecular weight is 326 g/mol. The van der Waals surface area contributed by atoms with Crippen molar-refractivity contribution in [3.63, 3.8) is 0 Å². The predicted molar refractivity (Wildman–Crippen MR) is 85.7 cm³/mol. The van der Waals surface area contributed by atoms with Gasteiger partial charge >= 0.3 is 5.97 Å². The van der Waals surface area contributed by atoms with Crippen molar-refractivity contribution in [1.82, 2.24) is 10.3 Å². The highest BCUT2D eigenvalue weighted by atomic mass is 33.1. The third-order valence-corrected chi connectivity index (χ3v) is 5.43. The Morgan fingerprint density at radius 2 is 2.05 bits per heavy atom. The first-order valence-electron chi connectivity index (χ1n) is 6.87. The molecule has 1 aromatic rings. The van der Waals surface area contributed by atoms with E-state index in [1.807, 2.05) is 6.07 Å². The molecule has 7 heteroatoms. The number of carboxylic acids is 1. The Balaban J connectivity index is 1.59. The molecule has 2 rings (SSSR count). The van der Waals surface area contributed by atoms with E-state index in [1.54, 1.807) is 23.1 Å². The normalized spacial score (nSPS) is 13.9. The van der Waals surface area contributed by atoms with Crippen molar-refractivity contribution in [2.75, 3.05) is 18.1 Å². The summed E-state index contributed by atoms with van der Waals surface area (Å²) in [5.74, 6) is 1.04. The number of aromatic nitrogens is 1. The molecule has 5 nitrogen and oxygen atoms in total. The maximum Gasteiger partial charge on any atom is 0.304 e. The van der Waals surface area contributed by atoms with Crippen LogP contribution in [0.1, 0.15) is 41.2 Å². The van der Waals surface area contributed by atoms with Gasteiger partial charge in [0.05, 0.1) is 6.42 Å². The Kier molecular flexibility index (Phi) is 6.38. The molecular formula is C14H18N2O3S2. The number of hydrogen-bond acceptors (Lipinski definition) is 5. The van der Waals surface area contributed by atoms with Gasteiger partial charge < -0.3 is 10.4 Å². The van der Waals surface area contributed by atoms with Gasteiger partial charge in [-0.15, -0.1) is 0 Å². The van der Waals surface area contributed by atoms with Gasteiger partial charge in [0.1, 0.15) is 5.69 Å². The molecule has 0 aromatic carbocycles. The van der Waals surface area contributed by atoms with Crippen LogP contribution in [0.2, 0.25) is 0 Å². The number of hydrogen-bond donors (Lipinski definition) is 2. The van der Waals surface area contributed by atoms with Crippen LogP contribution < -0.4 is 5.32 Å². The molecule has 2 N–H and O–H groups in total. The van der Waals surface area contributed by atoms with Gasteiger partial charge in [0.2, 0.25) is 0 Å². The van der Waals surface area contributed by atoms with Crippen LogP contribution in [0.25, 0.3) is 0 Å². The summed E-state index contributed by atoms with van der Waals surface area (Å²) in [6.07, 6.45) is 4.42. The minimum Gasteiger partial charge on any atom is -0.481 e. The lowest BCUT2D eigenvalue weighted by molar-refractivity contribution is -0.136. The van der Waals surface area contributed by atoms with Crippen LogP contribution in [0.15, 0.2) is 18.3 Å². The van der Waals surface area contributed by atoms with Gasteiger partial charge in [-0.1, -0.05) is 27.7 Å². The Bertz CT molecular complexity index is 489. The largest absolute Gasteiger partial charge is 0.481 e. The molecule has 1 amide bonds. The Labute approximate surface area is 131 Å². The summed E-state index contributed by atoms with van der Waals surface area (Å²) < 4.78 is 0. The van der Waals surface area contributed by atoms with E-state index in [0.717, 1.165) is 5.75 Å². The van der Waals surface area contributed by atoms with E-state index < -0.39 is 5.97 Å². The van der Waals surface area contributed by atoms with Crippen molar-refractivity contribution in [2.45, 2.75) is 25.2 Å². The minimum absolute atomic E-state index is 0.159. The summed E-state index contributed by atoms with van der Waals surface area (Å²) in [5.41, 5.74) is 1.67. The lowest BCUT2D eigenvalue weighted by Crippen LogP contribution is -2.26. The van der Waals surface area contributed by atoms with Crippen LogP contribution in [-0.4, -0.2) is 40.0 Å². The van der Waals surface area contributed by atoms with Crippen molar-refractivity contribution in [1.29, 1.82) is 0 Å². The fourth-order valence-corrected chi connectivity index (χ4v) is 3.63. The molecule has 0 spiro atoms. The monoisotopic (exact) mass is 326 g/mol. The molecule has 0 saturated heterocycles. The minimum atomic E-state index is -0.780. The molecule has 21 heavy (non-hydrogen) atoms. The fourth-order valence-electron chi connectivity index (χ4n) is 1.74. The topological polar surface area (TPSA) is 79.3 Å². The van der Waals surface area contributed by atoms with Crippen LogP contribution >= 0.6 is 21.6 Å². The van der Waals surface area contributed by atoms with Crippen molar-refractivity contribution < 1.29 is 14.7 Å². The zero-order valence-electron chi connectivity index (χ0n) is 11.6. The summed E-state index contributed by atoms with van der Waals surface area (Å²) in [7, 11) is 3.08. The van der Waals surface area contributed by atoms with Gasteiger partial charge in [0.25, 0.3) is 5.91 Å². The highest BCUT2D eigenvalue weighted by Crippen LogP contribution is 2.39. The molecule has 0 unspecified atom stereocenters. The van der Waals surface area contributed by atoms with Gasteiger partial charge in [0.15, 0.2) is 0 Å². The number of carbonyl (C=O) groups is 2. The summed E-state index contributed by atoms with van der Waals surface area (Å²) in [6.45, 7) is 0.551. The van der Waals surface area contributed by atoms with Crippen molar-refractivity contribution in [3.8, 4) is 0 Å². The fraction of sp³-hybridized carbons (Fsp3) is 0.500. The Morgan fingerprint density at radius 1 is 1.29 bits per heavy atom. The molecule has 1 fully saturated rings. The Morgan fingerprint density at radius 3 is 2.67 bits per heavy atom. The summed E-state index contributed by atoms with van der Waals surface area (Å²) in [4.78, 5) is 26.4. The van der Waals surface area contributed by atoms with Crippen LogP contribution in [0, 0.1) is 0 Å². The molecule has 1 saturated carbocycles. The van der Waals surface area contributed by atoms with Gasteiger partial charge in [-0.3, -0.25) is 14.6 Å². The van der Waals surface area contributed by atoms with E-state index in [9.17, 15) is 9.59 Å². The zero-order valence-corrected chi connectivity index (χ0v) is 13.2. The predicted octanol–water partition coefficient (Wildman–Crippen LogP) is 2.54. The van der Waals surface area contributed by atoms with Crippen molar-refractivity contribution in [3.05, 3.63) is 29.6 Å². The second-order valence-electron chi connectivity index (χ2n) is 4.79. The van der Waals surface area contributed by atoms with Gasteiger partial charge in [-0.25, -0.2) is 0 Å². The highest BCUT2D eigenvalue weighted by Gasteiger charge is 2.23. The van der Waals surface area contributed by atoms with E-state index >= 15 is 0 Å². The molecule has 0 bridgehead atoms. The third kappa shape index (κ3) is 5.97. The van der Waals surface area contributed by atoms with Crippen LogP contribution in [0.3, 0.4) is 0 Å². The maximum atomic E-state index is 11.9. The molecule has 0 aliphatic heterocycles.